The molecule has 1 N–H and O–H groups in total. The fraction of sp³-hybridized carbons (Fsp3) is 0.400. The van der Waals surface area contributed by atoms with Gasteiger partial charge in [0.05, 0.1) is 0 Å². The van der Waals surface area contributed by atoms with Gasteiger partial charge in [-0.1, -0.05) is 22.0 Å². The van der Waals surface area contributed by atoms with E-state index < -0.39 is 5.97 Å². The molecule has 0 aromatic carbocycles. The van der Waals surface area contributed by atoms with Gasteiger partial charge >= 0.3 is 5.97 Å². The Bertz CT molecular complexity index is 98.6. The van der Waals surface area contributed by atoms with Crippen LogP contribution in [0.1, 0.15) is 6.42 Å². The fourth-order valence-corrected chi connectivity index (χ4v) is 0.511. The molecule has 0 rings (SSSR count). The molecule has 46 valence electrons. The van der Waals surface area contributed by atoms with Crippen molar-refractivity contribution in [3.63, 3.8) is 0 Å². The molecule has 0 amide bonds. The van der Waals surface area contributed by atoms with Crippen molar-refractivity contribution >= 4 is 21.9 Å². The van der Waals surface area contributed by atoms with Gasteiger partial charge < -0.3 is 5.11 Å². The van der Waals surface area contributed by atoms with E-state index >= 15 is 0 Å². The summed E-state index contributed by atoms with van der Waals surface area (Å²) in [6.45, 7) is 0. The van der Waals surface area contributed by atoms with Gasteiger partial charge in [-0.15, -0.1) is 0 Å². The highest BCUT2D eigenvalue weighted by atomic mass is 79.9. The summed E-state index contributed by atoms with van der Waals surface area (Å²) >= 11 is 3.16. The van der Waals surface area contributed by atoms with Crippen molar-refractivity contribution in [2.75, 3.05) is 5.33 Å². The number of hydrogen-bond acceptors (Lipinski definition) is 1. The number of carboxylic acids is 1. The van der Waals surface area contributed by atoms with Crippen molar-refractivity contribution in [2.45, 2.75) is 6.42 Å². The van der Waals surface area contributed by atoms with E-state index in [9.17, 15) is 4.79 Å². The third kappa shape index (κ3) is 5.69. The Balaban J connectivity index is 3.20. The van der Waals surface area contributed by atoms with Crippen LogP contribution in [0, 0.1) is 0 Å². The first-order valence-corrected chi connectivity index (χ1v) is 3.35. The Morgan fingerprint density at radius 2 is 2.38 bits per heavy atom. The Hall–Kier alpha value is -0.310. The molecule has 0 unspecified atom stereocenters. The Labute approximate surface area is 56.3 Å². The van der Waals surface area contributed by atoms with Gasteiger partial charge in [0, 0.05) is 11.4 Å². The summed E-state index contributed by atoms with van der Waals surface area (Å²) < 4.78 is 0. The Kier molecular flexibility index (Phi) is 4.65. The quantitative estimate of drug-likeness (QED) is 0.525. The zero-order valence-electron chi connectivity index (χ0n) is 4.30. The average molecular weight is 179 g/mol. The number of hydrogen-bond donors (Lipinski definition) is 1. The molecule has 0 aromatic rings. The van der Waals surface area contributed by atoms with E-state index in [0.29, 0.717) is 0 Å². The molecule has 0 radical (unpaired) electrons. The third-order valence-corrected chi connectivity index (χ3v) is 0.994. The number of rotatable bonds is 3. The second-order valence-electron chi connectivity index (χ2n) is 1.22. The zero-order valence-corrected chi connectivity index (χ0v) is 5.89. The molecule has 3 heteroatoms. The zero-order chi connectivity index (χ0) is 6.41. The molecule has 0 spiro atoms. The number of carboxylic acid groups (broad SMARTS) is 1. The van der Waals surface area contributed by atoms with Crippen LogP contribution >= 0.6 is 15.9 Å². The van der Waals surface area contributed by atoms with E-state index in [0.717, 1.165) is 17.8 Å². The molecule has 0 saturated carbocycles. The second-order valence-corrected chi connectivity index (χ2v) is 2.01. The van der Waals surface area contributed by atoms with Gasteiger partial charge in [-0.05, 0) is 6.42 Å². The minimum Gasteiger partial charge on any atom is -0.478 e. The van der Waals surface area contributed by atoms with E-state index in [-0.39, 0.29) is 0 Å². The summed E-state index contributed by atoms with van der Waals surface area (Å²) in [7, 11) is 0. The van der Waals surface area contributed by atoms with E-state index in [2.05, 4.69) is 15.9 Å². The predicted octanol–water partition coefficient (Wildman–Crippen LogP) is 1.41. The number of halogens is 1. The number of aliphatic carboxylic acids is 1. The van der Waals surface area contributed by atoms with Crippen molar-refractivity contribution in [3.8, 4) is 0 Å². The number of carbonyl (C=O) groups is 1. The molecular weight excluding hydrogens is 172 g/mol. The van der Waals surface area contributed by atoms with Crippen LogP contribution in [0.15, 0.2) is 12.2 Å². The third-order valence-electron chi connectivity index (χ3n) is 0.536. The first-order chi connectivity index (χ1) is 3.77. The van der Waals surface area contributed by atoms with Crippen LogP contribution in [-0.2, 0) is 4.79 Å². The molecule has 0 heterocycles. The minimum absolute atomic E-state index is 0.770. The molecule has 2 nitrogen and oxygen atoms in total. The molecule has 0 aliphatic heterocycles. The monoisotopic (exact) mass is 178 g/mol. The largest absolute Gasteiger partial charge is 0.478 e. The van der Waals surface area contributed by atoms with Crippen LogP contribution < -0.4 is 0 Å². The average Bonchev–Trinajstić information content (AvgIpc) is 1.66. The van der Waals surface area contributed by atoms with Gasteiger partial charge in [0.25, 0.3) is 0 Å². The van der Waals surface area contributed by atoms with E-state index in [4.69, 9.17) is 5.11 Å². The van der Waals surface area contributed by atoms with E-state index in [1.54, 1.807) is 6.08 Å². The van der Waals surface area contributed by atoms with Crippen molar-refractivity contribution in [2.24, 2.45) is 0 Å². The standard InChI is InChI=1S/C5H7BrO2/c6-4-2-1-3-5(7)8/h1,3H,2,4H2,(H,7,8)/b3-1+. The van der Waals surface area contributed by atoms with Crippen molar-refractivity contribution in [3.05, 3.63) is 12.2 Å². The fourth-order valence-electron chi connectivity index (χ4n) is 0.247. The van der Waals surface area contributed by atoms with Crippen molar-refractivity contribution in [1.29, 1.82) is 0 Å². The van der Waals surface area contributed by atoms with Crippen molar-refractivity contribution < 1.29 is 9.90 Å². The maximum Gasteiger partial charge on any atom is 0.327 e. The van der Waals surface area contributed by atoms with Crippen LogP contribution in [0.4, 0.5) is 0 Å². The van der Waals surface area contributed by atoms with Gasteiger partial charge in [0.15, 0.2) is 0 Å². The normalized spacial score (nSPS) is 10.1. The van der Waals surface area contributed by atoms with Crippen molar-refractivity contribution in [1.82, 2.24) is 0 Å². The first kappa shape index (κ1) is 7.69. The lowest BCUT2D eigenvalue weighted by Crippen LogP contribution is -1.85. The smallest absolute Gasteiger partial charge is 0.327 e. The SMILES string of the molecule is O=C(O)/C=C/CCBr. The summed E-state index contributed by atoms with van der Waals surface area (Å²) in [5.41, 5.74) is 0. The Morgan fingerprint density at radius 1 is 1.75 bits per heavy atom. The highest BCUT2D eigenvalue weighted by Gasteiger charge is 1.81. The molecular formula is C5H7BrO2. The Morgan fingerprint density at radius 3 is 2.75 bits per heavy atom. The lowest BCUT2D eigenvalue weighted by atomic mass is 10.4. The van der Waals surface area contributed by atoms with Crippen LogP contribution in [-0.4, -0.2) is 16.4 Å². The lowest BCUT2D eigenvalue weighted by molar-refractivity contribution is -0.131. The molecule has 8 heavy (non-hydrogen) atoms. The van der Waals surface area contributed by atoms with Crippen LogP contribution in [0.25, 0.3) is 0 Å². The molecule has 0 aliphatic carbocycles. The molecule has 0 atom stereocenters. The maximum absolute atomic E-state index is 9.77. The highest BCUT2D eigenvalue weighted by Crippen LogP contribution is 1.87. The molecule has 0 saturated heterocycles. The number of allylic oxidation sites excluding steroid dienone is 1. The van der Waals surface area contributed by atoms with Crippen LogP contribution in [0.2, 0.25) is 0 Å². The molecule has 0 fully saturated rings. The highest BCUT2D eigenvalue weighted by molar-refractivity contribution is 9.09. The number of alkyl halides is 1. The topological polar surface area (TPSA) is 37.3 Å². The summed E-state index contributed by atoms with van der Waals surface area (Å²) in [6.07, 6.45) is 3.52. The molecule has 0 aromatic heterocycles. The van der Waals surface area contributed by atoms with Gasteiger partial charge in [-0.2, -0.15) is 0 Å². The summed E-state index contributed by atoms with van der Waals surface area (Å²) in [6, 6.07) is 0. The van der Waals surface area contributed by atoms with Gasteiger partial charge in [-0.3, -0.25) is 0 Å². The van der Waals surface area contributed by atoms with Gasteiger partial charge in [0.1, 0.15) is 0 Å². The summed E-state index contributed by atoms with van der Waals surface area (Å²) in [4.78, 5) is 9.77. The minimum atomic E-state index is -0.883. The van der Waals surface area contributed by atoms with Gasteiger partial charge in [-0.25, -0.2) is 4.79 Å². The predicted molar refractivity (Wildman–Crippen MR) is 35.2 cm³/mol. The van der Waals surface area contributed by atoms with Gasteiger partial charge in [0.2, 0.25) is 0 Å². The second kappa shape index (κ2) is 4.84. The summed E-state index contributed by atoms with van der Waals surface area (Å²) in [5, 5.41) is 8.85. The first-order valence-electron chi connectivity index (χ1n) is 2.23. The van der Waals surface area contributed by atoms with E-state index in [1.807, 2.05) is 0 Å². The van der Waals surface area contributed by atoms with E-state index in [1.165, 1.54) is 0 Å². The van der Waals surface area contributed by atoms with Crippen LogP contribution in [0.5, 0.6) is 0 Å². The summed E-state index contributed by atoms with van der Waals surface area (Å²) in [5.74, 6) is -0.883. The van der Waals surface area contributed by atoms with Crippen LogP contribution in [0.3, 0.4) is 0 Å². The maximum atomic E-state index is 9.77. The molecule has 0 bridgehead atoms. The molecule has 0 aliphatic rings. The lowest BCUT2D eigenvalue weighted by Gasteiger charge is -1.78.